The van der Waals surface area contributed by atoms with Crippen molar-refractivity contribution in [1.29, 1.82) is 0 Å². The first-order valence-corrected chi connectivity index (χ1v) is 16.6. The molecule has 0 aliphatic rings. The van der Waals surface area contributed by atoms with E-state index in [1.807, 2.05) is 0 Å². The summed E-state index contributed by atoms with van der Waals surface area (Å²) in [5.74, 6) is 0.982. The molecule has 0 N–H and O–H groups in total. The molecular formula is C34H68O2. The van der Waals surface area contributed by atoms with Gasteiger partial charge >= 0.3 is 0 Å². The number of ether oxygens (including phenoxy) is 1. The molecule has 0 heterocycles. The number of ketones is 1. The molecule has 0 aliphatic carbocycles. The zero-order valence-electron chi connectivity index (χ0n) is 25.7. The fraction of sp³-hybridized carbons (Fsp3) is 0.971. The monoisotopic (exact) mass is 509 g/mol. The van der Waals surface area contributed by atoms with Gasteiger partial charge in [0.15, 0.2) is 0 Å². The Morgan fingerprint density at radius 2 is 0.861 bits per heavy atom. The maximum absolute atomic E-state index is 12.0. The maximum atomic E-state index is 12.0. The number of hydrogen-bond donors (Lipinski definition) is 0. The molecule has 0 rings (SSSR count). The minimum Gasteiger partial charge on any atom is -0.382 e. The molecule has 0 bridgehead atoms. The van der Waals surface area contributed by atoms with Crippen molar-refractivity contribution >= 4 is 5.78 Å². The molecule has 36 heavy (non-hydrogen) atoms. The third-order valence-corrected chi connectivity index (χ3v) is 8.46. The first-order chi connectivity index (χ1) is 17.5. The highest BCUT2D eigenvalue weighted by Crippen LogP contribution is 2.25. The number of methoxy groups -OCH3 is 1. The Morgan fingerprint density at radius 3 is 1.14 bits per heavy atom. The molecule has 0 amide bonds. The van der Waals surface area contributed by atoms with Crippen LogP contribution in [0.4, 0.5) is 0 Å². The van der Waals surface area contributed by atoms with E-state index < -0.39 is 0 Å². The Bertz CT molecular complexity index is 446. The van der Waals surface area contributed by atoms with E-state index in [2.05, 4.69) is 20.8 Å². The van der Waals surface area contributed by atoms with Crippen LogP contribution in [-0.2, 0) is 9.53 Å². The summed E-state index contributed by atoms with van der Waals surface area (Å²) < 4.78 is 5.38. The fourth-order valence-electron chi connectivity index (χ4n) is 5.71. The van der Waals surface area contributed by atoms with Crippen LogP contribution in [0.3, 0.4) is 0 Å². The lowest BCUT2D eigenvalue weighted by atomic mass is 9.83. The topological polar surface area (TPSA) is 26.3 Å². The minimum absolute atomic E-state index is 0.166. The van der Waals surface area contributed by atoms with Gasteiger partial charge in [-0.3, -0.25) is 4.79 Å². The third-order valence-electron chi connectivity index (χ3n) is 8.46. The summed E-state index contributed by atoms with van der Waals surface area (Å²) in [5, 5.41) is 0. The van der Waals surface area contributed by atoms with Crippen LogP contribution in [0.2, 0.25) is 0 Å². The number of rotatable bonds is 29. The predicted octanol–water partition coefficient (Wildman–Crippen LogP) is 11.6. The van der Waals surface area contributed by atoms with Crippen LogP contribution in [-0.4, -0.2) is 19.0 Å². The average molecular weight is 509 g/mol. The van der Waals surface area contributed by atoms with Gasteiger partial charge in [-0.25, -0.2) is 0 Å². The third kappa shape index (κ3) is 24.0. The number of carbonyl (C=O) groups is 1. The standard InChI is InChI=1S/C34H68O2/c1-6-7-8-9-10-11-12-13-14-15-16-17-18-19-20-21-22-23-24-25-26-27-28-29-31(2)34(33(4)35)30-32(3)36-5/h31-32,34H,6-30H2,1-5H3/t31-,32-,34+/m0/s1. The zero-order valence-corrected chi connectivity index (χ0v) is 25.7. The van der Waals surface area contributed by atoms with E-state index in [0.717, 1.165) is 6.42 Å². The predicted molar refractivity (Wildman–Crippen MR) is 161 cm³/mol. The molecule has 3 atom stereocenters. The zero-order chi connectivity index (χ0) is 26.7. The summed E-state index contributed by atoms with van der Waals surface area (Å²) in [6.45, 7) is 8.38. The van der Waals surface area contributed by atoms with E-state index in [-0.39, 0.29) is 12.0 Å². The van der Waals surface area contributed by atoms with Crippen LogP contribution in [0.1, 0.15) is 188 Å². The Hall–Kier alpha value is -0.370. The van der Waals surface area contributed by atoms with Gasteiger partial charge < -0.3 is 4.74 Å². The molecule has 0 saturated heterocycles. The van der Waals surface area contributed by atoms with Gasteiger partial charge in [-0.1, -0.05) is 168 Å². The van der Waals surface area contributed by atoms with Gasteiger partial charge in [0.2, 0.25) is 0 Å². The molecular weight excluding hydrogens is 440 g/mol. The summed E-state index contributed by atoms with van der Waals surface area (Å²) in [7, 11) is 1.74. The molecule has 0 aliphatic heterocycles. The van der Waals surface area contributed by atoms with E-state index in [1.165, 1.54) is 154 Å². The summed E-state index contributed by atoms with van der Waals surface area (Å²) in [5.41, 5.74) is 0. The van der Waals surface area contributed by atoms with Crippen molar-refractivity contribution in [3.05, 3.63) is 0 Å². The van der Waals surface area contributed by atoms with Crippen molar-refractivity contribution in [3.63, 3.8) is 0 Å². The first-order valence-electron chi connectivity index (χ1n) is 16.6. The van der Waals surface area contributed by atoms with E-state index in [1.54, 1.807) is 14.0 Å². The van der Waals surface area contributed by atoms with E-state index in [4.69, 9.17) is 4.74 Å². The highest BCUT2D eigenvalue weighted by Gasteiger charge is 2.23. The maximum Gasteiger partial charge on any atom is 0.133 e. The van der Waals surface area contributed by atoms with Crippen molar-refractivity contribution in [1.82, 2.24) is 0 Å². The second-order valence-corrected chi connectivity index (χ2v) is 12.0. The average Bonchev–Trinajstić information content (AvgIpc) is 2.87. The fourth-order valence-corrected chi connectivity index (χ4v) is 5.71. The lowest BCUT2D eigenvalue weighted by molar-refractivity contribution is -0.123. The molecule has 2 heteroatoms. The molecule has 2 nitrogen and oxygen atoms in total. The summed E-state index contributed by atoms with van der Waals surface area (Å²) >= 11 is 0. The van der Waals surface area contributed by atoms with Crippen LogP contribution in [0.5, 0.6) is 0 Å². The molecule has 0 aromatic carbocycles. The van der Waals surface area contributed by atoms with Crippen LogP contribution < -0.4 is 0 Å². The van der Waals surface area contributed by atoms with Gasteiger partial charge in [0.25, 0.3) is 0 Å². The Labute approximate surface area is 228 Å². The van der Waals surface area contributed by atoms with E-state index in [0.29, 0.717) is 11.7 Å². The van der Waals surface area contributed by atoms with Gasteiger partial charge in [0, 0.05) is 13.0 Å². The molecule has 216 valence electrons. The van der Waals surface area contributed by atoms with Crippen LogP contribution in [0.15, 0.2) is 0 Å². The Kier molecular flexibility index (Phi) is 27.4. The Balaban J connectivity index is 3.31. The summed E-state index contributed by atoms with van der Waals surface area (Å²) in [4.78, 5) is 12.0. The van der Waals surface area contributed by atoms with Crippen molar-refractivity contribution < 1.29 is 9.53 Å². The largest absolute Gasteiger partial charge is 0.382 e. The highest BCUT2D eigenvalue weighted by atomic mass is 16.5. The quantitative estimate of drug-likeness (QED) is 0.0939. The minimum atomic E-state index is 0.166. The summed E-state index contributed by atoms with van der Waals surface area (Å²) in [6, 6.07) is 0. The smallest absolute Gasteiger partial charge is 0.133 e. The van der Waals surface area contributed by atoms with Crippen molar-refractivity contribution in [2.24, 2.45) is 11.8 Å². The van der Waals surface area contributed by atoms with Gasteiger partial charge in [-0.15, -0.1) is 0 Å². The lowest BCUT2D eigenvalue weighted by Gasteiger charge is -2.24. The van der Waals surface area contributed by atoms with Crippen LogP contribution in [0.25, 0.3) is 0 Å². The van der Waals surface area contributed by atoms with Gasteiger partial charge in [0.05, 0.1) is 6.10 Å². The molecule has 0 aromatic heterocycles. The summed E-state index contributed by atoms with van der Waals surface area (Å²) in [6.07, 6.45) is 35.2. The molecule has 0 radical (unpaired) electrons. The highest BCUT2D eigenvalue weighted by molar-refractivity contribution is 5.78. The van der Waals surface area contributed by atoms with Crippen LogP contribution >= 0.6 is 0 Å². The van der Waals surface area contributed by atoms with Crippen LogP contribution in [0, 0.1) is 11.8 Å². The molecule has 0 aromatic rings. The number of carbonyl (C=O) groups excluding carboxylic acids is 1. The van der Waals surface area contributed by atoms with E-state index in [9.17, 15) is 4.79 Å². The van der Waals surface area contributed by atoms with Gasteiger partial charge in [-0.05, 0) is 26.2 Å². The second kappa shape index (κ2) is 27.7. The molecule has 0 fully saturated rings. The normalized spacial score (nSPS) is 14.1. The molecule has 0 spiro atoms. The Morgan fingerprint density at radius 1 is 0.556 bits per heavy atom. The first kappa shape index (κ1) is 35.6. The lowest BCUT2D eigenvalue weighted by Crippen LogP contribution is -2.24. The second-order valence-electron chi connectivity index (χ2n) is 12.0. The SMILES string of the molecule is CCCCCCCCCCCCCCCCCCCCCCCCC[C@H](C)[C@@H](C[C@H](C)OC)C(C)=O. The van der Waals surface area contributed by atoms with Gasteiger partial charge in [-0.2, -0.15) is 0 Å². The van der Waals surface area contributed by atoms with Crippen molar-refractivity contribution in [3.8, 4) is 0 Å². The molecule has 0 saturated carbocycles. The van der Waals surface area contributed by atoms with Crippen molar-refractivity contribution in [2.45, 2.75) is 194 Å². The number of unbranched alkanes of at least 4 members (excludes halogenated alkanes) is 22. The number of hydrogen-bond acceptors (Lipinski definition) is 2. The molecule has 0 unspecified atom stereocenters. The van der Waals surface area contributed by atoms with E-state index >= 15 is 0 Å². The van der Waals surface area contributed by atoms with Gasteiger partial charge in [0.1, 0.15) is 5.78 Å². The van der Waals surface area contributed by atoms with Crippen molar-refractivity contribution in [2.75, 3.05) is 7.11 Å². The number of Topliss-reactive ketones (excluding diaryl/α,β-unsaturated/α-hetero) is 1.